The number of pyridine rings is 1. The number of carbonyl (C=O) groups excluding carboxylic acids is 1. The Labute approximate surface area is 393 Å². The number of halogens is 1. The molecule has 1 atom stereocenters. The van der Waals surface area contributed by atoms with Crippen LogP contribution in [-0.4, -0.2) is 133 Å². The topological polar surface area (TPSA) is 193 Å². The Morgan fingerprint density at radius 2 is 1.82 bits per heavy atom. The number of aromatic nitrogens is 4. The van der Waals surface area contributed by atoms with Gasteiger partial charge < -0.3 is 19.7 Å². The molecular weight excluding hydrogens is 896 g/mol. The number of ether oxygens (including phenoxy) is 2. The molecule has 0 spiro atoms. The first-order valence-corrected chi connectivity index (χ1v) is 24.6. The Morgan fingerprint density at radius 1 is 1.01 bits per heavy atom. The van der Waals surface area contributed by atoms with E-state index in [4.69, 9.17) is 21.1 Å². The Kier molecular flexibility index (Phi) is 12.3. The van der Waals surface area contributed by atoms with Crippen molar-refractivity contribution in [1.82, 2.24) is 34.3 Å². The van der Waals surface area contributed by atoms with Gasteiger partial charge in [-0.05, 0) is 90.4 Å². The van der Waals surface area contributed by atoms with E-state index in [0.717, 1.165) is 80.7 Å². The van der Waals surface area contributed by atoms with E-state index in [2.05, 4.69) is 65.8 Å². The quantitative estimate of drug-likeness (QED) is 0.0803. The normalized spacial score (nSPS) is 19.7. The smallest absolute Gasteiger partial charge is 0.293 e. The number of allylic oxidation sites excluding steroid dienone is 1. The van der Waals surface area contributed by atoms with Crippen LogP contribution >= 0.6 is 11.6 Å². The summed E-state index contributed by atoms with van der Waals surface area (Å²) in [6, 6.07) is 21.2. The van der Waals surface area contributed by atoms with Gasteiger partial charge in [0.2, 0.25) is 0 Å². The minimum atomic E-state index is -4.60. The fourth-order valence-corrected chi connectivity index (χ4v) is 10.8. The number of nitrogens with zero attached hydrogens (tertiary/aromatic N) is 7. The zero-order valence-electron chi connectivity index (χ0n) is 37.4. The van der Waals surface area contributed by atoms with Gasteiger partial charge in [0.15, 0.2) is 5.65 Å². The van der Waals surface area contributed by atoms with Gasteiger partial charge in [-0.1, -0.05) is 43.2 Å². The Morgan fingerprint density at radius 3 is 2.58 bits per heavy atom. The summed E-state index contributed by atoms with van der Waals surface area (Å²) in [6.45, 7) is 12.2. The second-order valence-corrected chi connectivity index (χ2v) is 20.8. The van der Waals surface area contributed by atoms with Crippen LogP contribution in [0.1, 0.15) is 49.0 Å². The molecule has 3 aromatic heterocycles. The number of amides is 1. The molecule has 6 aromatic rings. The molecule has 1 aliphatic carbocycles. The maximum atomic E-state index is 14.3. The monoisotopic (exact) mass is 948 g/mol. The number of carbonyl (C=O) groups is 1. The van der Waals surface area contributed by atoms with E-state index >= 15 is 0 Å². The lowest BCUT2D eigenvalue weighted by Crippen LogP contribution is -2.56. The van der Waals surface area contributed by atoms with Crippen LogP contribution in [-0.2, 0) is 19.5 Å². The van der Waals surface area contributed by atoms with Crippen molar-refractivity contribution in [3.63, 3.8) is 0 Å². The third kappa shape index (κ3) is 9.51. The van der Waals surface area contributed by atoms with Crippen LogP contribution in [0, 0.1) is 15.5 Å². The van der Waals surface area contributed by atoms with Crippen molar-refractivity contribution < 1.29 is 27.6 Å². The number of hydrogen-bond donors (Lipinski definition) is 3. The number of nitro benzene ring substituents is 1. The standard InChI is InChI=1S/C48H53ClN10O7S/c1-48(2)13-11-33(40(24-48)31-3-5-34(49)6-4-31)27-55-15-17-56(18-16-55)35-7-9-39(43(22-35)58-44-21-32-12-14-50-46(32)53-42(44)26-52-58)47(60)54-67(63,64)38-8-10-41(45(23-38)59(61)62)51-25-37-28-57(19-20-66-37)36-29-65-30-36/h3-10,12,14,21-23,26,36-37,51-52H,11,13,15-20,24-25,27-30H2,1-2H3,(H,54,60)/t37-/m0/s1. The molecule has 0 bridgehead atoms. The number of H-pyrrole nitrogens is 1. The molecule has 3 fully saturated rings. The van der Waals surface area contributed by atoms with E-state index < -0.39 is 31.4 Å². The third-order valence-corrected chi connectivity index (χ3v) is 15.2. The van der Waals surface area contributed by atoms with Crippen LogP contribution in [0.2, 0.25) is 5.02 Å². The molecule has 10 rings (SSSR count). The van der Waals surface area contributed by atoms with Gasteiger partial charge in [0.05, 0.1) is 58.6 Å². The molecule has 350 valence electrons. The lowest BCUT2D eigenvalue weighted by atomic mass is 9.72. The van der Waals surface area contributed by atoms with Gasteiger partial charge in [0, 0.05) is 86.9 Å². The van der Waals surface area contributed by atoms with E-state index in [0.29, 0.717) is 54.8 Å². The van der Waals surface area contributed by atoms with Crippen LogP contribution in [0.3, 0.4) is 0 Å². The molecule has 0 radical (unpaired) electrons. The number of nitrogens with one attached hydrogen (secondary N) is 3. The molecule has 6 heterocycles. The number of sulfonamides is 1. The van der Waals surface area contributed by atoms with Crippen LogP contribution in [0.5, 0.6) is 0 Å². The van der Waals surface area contributed by atoms with Gasteiger partial charge in [0.25, 0.3) is 21.6 Å². The zero-order chi connectivity index (χ0) is 46.5. The first-order chi connectivity index (χ1) is 32.3. The highest BCUT2D eigenvalue weighted by atomic mass is 35.5. The number of piperazine rings is 1. The molecule has 19 heteroatoms. The lowest BCUT2D eigenvalue weighted by Gasteiger charge is -2.42. The first-order valence-electron chi connectivity index (χ1n) is 22.7. The molecule has 4 aliphatic rings. The van der Waals surface area contributed by atoms with Gasteiger partial charge in [-0.3, -0.25) is 34.5 Å². The summed E-state index contributed by atoms with van der Waals surface area (Å²) in [4.78, 5) is 41.6. The molecule has 17 nitrogen and oxygen atoms in total. The number of rotatable bonds is 13. The first kappa shape index (κ1) is 44.9. The second kappa shape index (κ2) is 18.3. The highest BCUT2D eigenvalue weighted by Gasteiger charge is 2.33. The molecule has 3 aliphatic heterocycles. The minimum Gasteiger partial charge on any atom is -0.378 e. The number of anilines is 2. The lowest BCUT2D eigenvalue weighted by molar-refractivity contribution is -0.384. The van der Waals surface area contributed by atoms with Crippen LogP contribution in [0.25, 0.3) is 33.3 Å². The van der Waals surface area contributed by atoms with E-state index in [9.17, 15) is 23.3 Å². The van der Waals surface area contributed by atoms with E-state index in [-0.39, 0.29) is 29.3 Å². The molecule has 0 unspecified atom stereocenters. The van der Waals surface area contributed by atoms with Gasteiger partial charge in [-0.25, -0.2) is 23.1 Å². The molecule has 3 N–H and O–H groups in total. The van der Waals surface area contributed by atoms with Crippen LogP contribution < -0.4 is 14.9 Å². The fraction of sp³-hybridized carbons (Fsp3) is 0.396. The highest BCUT2D eigenvalue weighted by Crippen LogP contribution is 2.43. The summed E-state index contributed by atoms with van der Waals surface area (Å²) < 4.78 is 43.0. The van der Waals surface area contributed by atoms with Crippen molar-refractivity contribution in [3.8, 4) is 5.69 Å². The van der Waals surface area contributed by atoms with Gasteiger partial charge in [-0.2, -0.15) is 0 Å². The largest absolute Gasteiger partial charge is 0.378 e. The Bertz CT molecular complexity index is 3000. The van der Waals surface area contributed by atoms with Gasteiger partial charge >= 0.3 is 0 Å². The van der Waals surface area contributed by atoms with Crippen molar-refractivity contribution in [1.29, 1.82) is 0 Å². The van der Waals surface area contributed by atoms with Gasteiger partial charge in [0.1, 0.15) is 11.2 Å². The fourth-order valence-electron chi connectivity index (χ4n) is 9.68. The van der Waals surface area contributed by atoms with Crippen LogP contribution in [0.4, 0.5) is 17.1 Å². The summed E-state index contributed by atoms with van der Waals surface area (Å²) in [5.41, 5.74) is 7.16. The number of benzene rings is 3. The average Bonchev–Trinajstić information content (AvgIpc) is 3.94. The number of hydrogen-bond acceptors (Lipinski definition) is 13. The van der Waals surface area contributed by atoms with Crippen molar-refractivity contribution in [2.75, 3.05) is 82.4 Å². The van der Waals surface area contributed by atoms with Crippen molar-refractivity contribution in [2.45, 2.75) is 50.2 Å². The maximum Gasteiger partial charge on any atom is 0.293 e. The second-order valence-electron chi connectivity index (χ2n) is 18.7. The van der Waals surface area contributed by atoms with Crippen molar-refractivity contribution in [2.24, 2.45) is 5.41 Å². The summed E-state index contributed by atoms with van der Waals surface area (Å²) in [7, 11) is -4.60. The number of fused-ring (bicyclic) bond motifs is 2. The third-order valence-electron chi connectivity index (χ3n) is 13.6. The van der Waals surface area contributed by atoms with Crippen molar-refractivity contribution in [3.05, 3.63) is 117 Å². The molecule has 3 aromatic carbocycles. The van der Waals surface area contributed by atoms with E-state index in [1.807, 2.05) is 36.4 Å². The van der Waals surface area contributed by atoms with Gasteiger partial charge in [-0.15, -0.1) is 0 Å². The molecule has 3 saturated heterocycles. The Hall–Kier alpha value is -5.89. The highest BCUT2D eigenvalue weighted by molar-refractivity contribution is 7.90. The van der Waals surface area contributed by atoms with Crippen molar-refractivity contribution >= 4 is 72.2 Å². The predicted molar refractivity (Wildman–Crippen MR) is 258 cm³/mol. The molecule has 0 saturated carbocycles. The SMILES string of the molecule is CC1(C)CCC(CN2CCN(c3ccc(C(=O)NS(=O)(=O)c4ccc(NC[C@H]5CN(C6COC6)CCO5)c([N+](=O)[O-])c4)c(-n4[nH]cc5nc6nccc6cc54)c3)CC2)=C(c2ccc(Cl)cc2)C1. The van der Waals surface area contributed by atoms with E-state index in [1.165, 1.54) is 28.8 Å². The summed E-state index contributed by atoms with van der Waals surface area (Å²) >= 11 is 6.27. The number of nitro groups is 1. The minimum absolute atomic E-state index is 0.0603. The number of morpholine rings is 1. The Balaban J connectivity index is 0.889. The van der Waals surface area contributed by atoms with E-state index in [1.54, 1.807) is 23.1 Å². The molecular formula is C48H53ClN10O7S. The zero-order valence-corrected chi connectivity index (χ0v) is 39.0. The predicted octanol–water partition coefficient (Wildman–Crippen LogP) is 6.88. The summed E-state index contributed by atoms with van der Waals surface area (Å²) in [5, 5.41) is 20.1. The molecule has 67 heavy (non-hydrogen) atoms. The van der Waals surface area contributed by atoms with Crippen LogP contribution in [0.15, 0.2) is 95.7 Å². The maximum absolute atomic E-state index is 14.3. The number of aromatic amines is 1. The summed E-state index contributed by atoms with van der Waals surface area (Å²) in [5.74, 6) is -0.910. The molecule has 1 amide bonds. The average molecular weight is 950 g/mol. The summed E-state index contributed by atoms with van der Waals surface area (Å²) in [6.07, 6.45) is 6.35.